The fourth-order valence-corrected chi connectivity index (χ4v) is 5.18. The number of carboxylic acid groups (broad SMARTS) is 1. The van der Waals surface area contributed by atoms with Gasteiger partial charge in [0, 0.05) is 60.9 Å². The molecule has 1 amide bonds. The summed E-state index contributed by atoms with van der Waals surface area (Å²) in [4.78, 5) is 27.1. The van der Waals surface area contributed by atoms with Gasteiger partial charge in [-0.15, -0.1) is 0 Å². The van der Waals surface area contributed by atoms with Gasteiger partial charge in [0.15, 0.2) is 17.1 Å². The van der Waals surface area contributed by atoms with E-state index in [1.165, 1.54) is 4.90 Å². The minimum Gasteiger partial charge on any atom is -0.493 e. The number of anilines is 1. The second-order valence-electron chi connectivity index (χ2n) is 10.5. The Morgan fingerprint density at radius 2 is 1.88 bits per heavy atom. The minimum atomic E-state index is -1.09. The summed E-state index contributed by atoms with van der Waals surface area (Å²) in [7, 11) is 5.05. The molecule has 1 aromatic carbocycles. The van der Waals surface area contributed by atoms with Crippen LogP contribution in [0.4, 0.5) is 10.7 Å². The van der Waals surface area contributed by atoms with Crippen molar-refractivity contribution in [3.63, 3.8) is 0 Å². The van der Waals surface area contributed by atoms with Gasteiger partial charge in [0.2, 0.25) is 11.8 Å². The Bertz CT molecular complexity index is 1760. The molecule has 1 unspecified atom stereocenters. The lowest BCUT2D eigenvalue weighted by Gasteiger charge is -2.21. The van der Waals surface area contributed by atoms with Crippen LogP contribution in [-0.4, -0.2) is 61.3 Å². The fourth-order valence-electron chi connectivity index (χ4n) is 5.18. The van der Waals surface area contributed by atoms with Crippen LogP contribution < -0.4 is 19.1 Å². The minimum absolute atomic E-state index is 0.158. The molecule has 6 rings (SSSR count). The topological polar surface area (TPSA) is 130 Å². The maximum atomic E-state index is 12.2. The zero-order chi connectivity index (χ0) is 30.1. The van der Waals surface area contributed by atoms with Crippen molar-refractivity contribution in [2.45, 2.75) is 32.4 Å². The van der Waals surface area contributed by atoms with Gasteiger partial charge in [0.05, 0.1) is 27.0 Å². The molecular formula is C31H33N7O5. The predicted octanol–water partition coefficient (Wildman–Crippen LogP) is 5.33. The van der Waals surface area contributed by atoms with E-state index in [2.05, 4.69) is 10.1 Å². The van der Waals surface area contributed by atoms with Crippen LogP contribution in [0.15, 0.2) is 61.2 Å². The Kier molecular flexibility index (Phi) is 7.58. The van der Waals surface area contributed by atoms with Gasteiger partial charge in [-0.2, -0.15) is 5.10 Å². The summed E-state index contributed by atoms with van der Waals surface area (Å²) in [6.45, 7) is 2.32. The number of ether oxygens (including phenoxy) is 3. The fraction of sp³-hybridized carbons (Fsp3) is 0.323. The second-order valence-corrected chi connectivity index (χ2v) is 10.5. The SMILES string of the molecule is CCN(C(=O)O)c1nc2cc(-c3cnn(C)c3)cnc2n1Cc1ccc(OC(c2ccc(OC)nc2)C2CC2)c(OC)c1. The molecule has 4 heterocycles. The van der Waals surface area contributed by atoms with Gasteiger partial charge in [0.1, 0.15) is 11.6 Å². The lowest BCUT2D eigenvalue weighted by Crippen LogP contribution is -2.31. The number of methoxy groups -OCH3 is 2. The van der Waals surface area contributed by atoms with Crippen LogP contribution in [0.1, 0.15) is 37.0 Å². The van der Waals surface area contributed by atoms with E-state index in [0.717, 1.165) is 35.1 Å². The average molecular weight is 584 g/mol. The smallest absolute Gasteiger partial charge is 0.414 e. The molecule has 1 atom stereocenters. The molecule has 43 heavy (non-hydrogen) atoms. The highest BCUT2D eigenvalue weighted by Gasteiger charge is 2.35. The second kappa shape index (κ2) is 11.6. The standard InChI is InChI=1S/C31H33N7O5/c1-5-37(31(39)40)30-35-24-13-22(23-16-34-36(2)18-23)15-33-29(24)38(30)17-19-6-10-25(26(12-19)41-3)43-28(20-7-8-20)21-9-11-27(42-4)32-14-21/h6,9-16,18,20,28H,5,7-8,17H2,1-4H3,(H,39,40). The normalized spacial score (nSPS) is 13.6. The van der Waals surface area contributed by atoms with Gasteiger partial charge < -0.3 is 19.3 Å². The Labute approximate surface area is 248 Å². The van der Waals surface area contributed by atoms with E-state index in [1.54, 1.807) is 44.4 Å². The summed E-state index contributed by atoms with van der Waals surface area (Å²) in [5.74, 6) is 2.45. The number of benzene rings is 1. The van der Waals surface area contributed by atoms with Crippen LogP contribution in [0, 0.1) is 5.92 Å². The van der Waals surface area contributed by atoms with Crippen molar-refractivity contribution >= 4 is 23.2 Å². The highest BCUT2D eigenvalue weighted by atomic mass is 16.5. The van der Waals surface area contributed by atoms with Gasteiger partial charge in [-0.3, -0.25) is 9.25 Å². The number of nitrogens with zero attached hydrogens (tertiary/aromatic N) is 7. The van der Waals surface area contributed by atoms with Crippen molar-refractivity contribution < 1.29 is 24.1 Å². The molecule has 1 fully saturated rings. The van der Waals surface area contributed by atoms with Gasteiger partial charge in [-0.1, -0.05) is 6.07 Å². The van der Waals surface area contributed by atoms with E-state index in [1.807, 2.05) is 54.2 Å². The van der Waals surface area contributed by atoms with E-state index in [0.29, 0.717) is 47.0 Å². The third kappa shape index (κ3) is 5.68. The maximum Gasteiger partial charge on any atom is 0.414 e. The van der Waals surface area contributed by atoms with Crippen LogP contribution in [0.5, 0.6) is 17.4 Å². The van der Waals surface area contributed by atoms with Crippen LogP contribution in [0.3, 0.4) is 0 Å². The summed E-state index contributed by atoms with van der Waals surface area (Å²) < 4.78 is 21.0. The highest BCUT2D eigenvalue weighted by molar-refractivity contribution is 5.88. The van der Waals surface area contributed by atoms with Crippen molar-refractivity contribution in [3.8, 4) is 28.5 Å². The van der Waals surface area contributed by atoms with Crippen LogP contribution >= 0.6 is 0 Å². The molecule has 1 saturated carbocycles. The lowest BCUT2D eigenvalue weighted by atomic mass is 10.1. The number of fused-ring (bicyclic) bond motifs is 1. The molecule has 5 aromatic rings. The van der Waals surface area contributed by atoms with Crippen LogP contribution in [0.25, 0.3) is 22.3 Å². The zero-order valence-corrected chi connectivity index (χ0v) is 24.5. The molecule has 12 heteroatoms. The number of hydrogen-bond donors (Lipinski definition) is 1. The Morgan fingerprint density at radius 1 is 1.05 bits per heavy atom. The van der Waals surface area contributed by atoms with E-state index < -0.39 is 6.09 Å². The van der Waals surface area contributed by atoms with Gasteiger partial charge >= 0.3 is 6.09 Å². The number of imidazole rings is 1. The lowest BCUT2D eigenvalue weighted by molar-refractivity contribution is 0.173. The van der Waals surface area contributed by atoms with Crippen molar-refractivity contribution in [3.05, 3.63) is 72.3 Å². The number of aromatic nitrogens is 6. The number of pyridine rings is 2. The predicted molar refractivity (Wildman–Crippen MR) is 160 cm³/mol. The summed E-state index contributed by atoms with van der Waals surface area (Å²) in [5, 5.41) is 14.2. The molecule has 12 nitrogen and oxygen atoms in total. The van der Waals surface area contributed by atoms with Crippen molar-refractivity contribution in [2.75, 3.05) is 25.7 Å². The molecule has 0 bridgehead atoms. The third-order valence-electron chi connectivity index (χ3n) is 7.56. The summed E-state index contributed by atoms with van der Waals surface area (Å²) in [5.41, 5.74) is 4.75. The van der Waals surface area contributed by atoms with Crippen LogP contribution in [-0.2, 0) is 13.6 Å². The largest absolute Gasteiger partial charge is 0.493 e. The van der Waals surface area contributed by atoms with Gasteiger partial charge in [-0.05, 0) is 49.6 Å². The zero-order valence-electron chi connectivity index (χ0n) is 24.5. The number of hydrogen-bond acceptors (Lipinski definition) is 8. The molecule has 1 N–H and O–H groups in total. The molecule has 0 radical (unpaired) electrons. The molecular weight excluding hydrogens is 550 g/mol. The maximum absolute atomic E-state index is 12.2. The third-order valence-corrected chi connectivity index (χ3v) is 7.56. The first kappa shape index (κ1) is 28.0. The molecule has 222 valence electrons. The van der Waals surface area contributed by atoms with E-state index in [4.69, 9.17) is 24.2 Å². The average Bonchev–Trinajstić information content (AvgIpc) is 3.68. The summed E-state index contributed by atoms with van der Waals surface area (Å²) in [6, 6.07) is 11.5. The molecule has 0 saturated heterocycles. The molecule has 1 aliphatic carbocycles. The number of rotatable bonds is 11. The molecule has 4 aromatic heterocycles. The van der Waals surface area contributed by atoms with E-state index >= 15 is 0 Å². The van der Waals surface area contributed by atoms with E-state index in [-0.39, 0.29) is 12.6 Å². The highest BCUT2D eigenvalue weighted by Crippen LogP contribution is 2.45. The summed E-state index contributed by atoms with van der Waals surface area (Å²) in [6.07, 6.45) is 8.11. The molecule has 1 aliphatic rings. The Hall–Kier alpha value is -5.13. The first-order valence-electron chi connectivity index (χ1n) is 14.1. The number of carbonyl (C=O) groups is 1. The number of aryl methyl sites for hydroxylation is 1. The van der Waals surface area contributed by atoms with Crippen molar-refractivity contribution in [2.24, 2.45) is 13.0 Å². The molecule has 0 spiro atoms. The quantitative estimate of drug-likeness (QED) is 0.219. The Balaban J connectivity index is 1.33. The summed E-state index contributed by atoms with van der Waals surface area (Å²) >= 11 is 0. The number of amides is 1. The van der Waals surface area contributed by atoms with E-state index in [9.17, 15) is 9.90 Å². The Morgan fingerprint density at radius 3 is 2.51 bits per heavy atom. The van der Waals surface area contributed by atoms with Crippen molar-refractivity contribution in [1.29, 1.82) is 0 Å². The van der Waals surface area contributed by atoms with Gasteiger partial charge in [-0.25, -0.2) is 24.6 Å². The first-order valence-corrected chi connectivity index (χ1v) is 14.1. The first-order chi connectivity index (χ1) is 20.9. The molecule has 0 aliphatic heterocycles. The monoisotopic (exact) mass is 583 g/mol. The van der Waals surface area contributed by atoms with Gasteiger partial charge in [0.25, 0.3) is 0 Å². The van der Waals surface area contributed by atoms with Crippen molar-refractivity contribution in [1.82, 2.24) is 29.3 Å². The van der Waals surface area contributed by atoms with Crippen LogP contribution in [0.2, 0.25) is 0 Å².